The smallest absolute Gasteiger partial charge is 0.410 e. The molecule has 28 heavy (non-hydrogen) atoms. The van der Waals surface area contributed by atoms with Crippen molar-refractivity contribution in [1.82, 2.24) is 10.2 Å². The summed E-state index contributed by atoms with van der Waals surface area (Å²) in [5.41, 5.74) is 4.81. The van der Waals surface area contributed by atoms with Gasteiger partial charge in [0.15, 0.2) is 0 Å². The predicted octanol–water partition coefficient (Wildman–Crippen LogP) is 4.21. The minimum atomic E-state index is -0.493. The van der Waals surface area contributed by atoms with Gasteiger partial charge in [-0.1, -0.05) is 12.2 Å². The maximum atomic E-state index is 12.3. The Morgan fingerprint density at radius 1 is 1.25 bits per heavy atom. The number of amides is 1. The van der Waals surface area contributed by atoms with Gasteiger partial charge in [-0.05, 0) is 71.6 Å². The van der Waals surface area contributed by atoms with Gasteiger partial charge in [-0.15, -0.1) is 0 Å². The van der Waals surface area contributed by atoms with E-state index >= 15 is 0 Å². The highest BCUT2D eigenvalue weighted by Crippen LogP contribution is 2.30. The number of carbonyl (C=O) groups excluding carboxylic acids is 2. The first-order valence-electron chi connectivity index (χ1n) is 9.76. The van der Waals surface area contributed by atoms with Crippen molar-refractivity contribution in [2.45, 2.75) is 60.0 Å². The lowest BCUT2D eigenvalue weighted by atomic mass is 9.91. The van der Waals surface area contributed by atoms with Crippen LogP contribution in [0.1, 0.15) is 54.4 Å². The molecular formula is C22H32N2O4. The molecule has 2 aliphatic rings. The second kappa shape index (κ2) is 8.67. The highest BCUT2D eigenvalue weighted by Gasteiger charge is 2.27. The lowest BCUT2D eigenvalue weighted by Gasteiger charge is -2.32. The van der Waals surface area contributed by atoms with E-state index in [0.717, 1.165) is 29.7 Å². The van der Waals surface area contributed by atoms with E-state index in [1.807, 2.05) is 34.6 Å². The zero-order valence-corrected chi connectivity index (χ0v) is 17.9. The van der Waals surface area contributed by atoms with Crippen LogP contribution in [0, 0.1) is 0 Å². The Labute approximate surface area is 167 Å². The van der Waals surface area contributed by atoms with Gasteiger partial charge in [0.05, 0.1) is 12.2 Å². The first-order valence-corrected chi connectivity index (χ1v) is 9.76. The molecule has 1 amide bonds. The predicted molar refractivity (Wildman–Crippen MR) is 109 cm³/mol. The molecule has 2 heterocycles. The number of hydrogen-bond donors (Lipinski definition) is 1. The number of likely N-dealkylation sites (tertiary alicyclic amines) is 1. The molecule has 6 heteroatoms. The van der Waals surface area contributed by atoms with E-state index in [-0.39, 0.29) is 12.1 Å². The molecule has 0 unspecified atom stereocenters. The number of allylic oxidation sites excluding steroid dienone is 2. The fourth-order valence-corrected chi connectivity index (χ4v) is 3.34. The second-order valence-electron chi connectivity index (χ2n) is 8.12. The maximum Gasteiger partial charge on any atom is 0.410 e. The minimum Gasteiger partial charge on any atom is -0.462 e. The maximum absolute atomic E-state index is 12.3. The Hall–Kier alpha value is -2.50. The van der Waals surface area contributed by atoms with E-state index in [1.54, 1.807) is 17.9 Å². The Balaban J connectivity index is 2.17. The molecule has 6 nitrogen and oxygen atoms in total. The number of dihydropyridines is 1. The normalized spacial score (nSPS) is 17.8. The zero-order chi connectivity index (χ0) is 21.1. The summed E-state index contributed by atoms with van der Waals surface area (Å²) < 4.78 is 10.6. The van der Waals surface area contributed by atoms with Crippen LogP contribution in [0.5, 0.6) is 0 Å². The van der Waals surface area contributed by atoms with Crippen molar-refractivity contribution >= 4 is 12.1 Å². The molecule has 0 aromatic carbocycles. The number of hydrogen-bond acceptors (Lipinski definition) is 5. The van der Waals surface area contributed by atoms with E-state index < -0.39 is 5.60 Å². The third-order valence-electron chi connectivity index (χ3n) is 4.80. The summed E-state index contributed by atoms with van der Waals surface area (Å²) in [4.78, 5) is 26.3. The van der Waals surface area contributed by atoms with E-state index in [0.29, 0.717) is 31.0 Å². The van der Waals surface area contributed by atoms with Gasteiger partial charge in [-0.3, -0.25) is 0 Å². The van der Waals surface area contributed by atoms with E-state index in [1.165, 1.54) is 5.57 Å². The molecule has 2 aliphatic heterocycles. The van der Waals surface area contributed by atoms with Crippen LogP contribution in [0.4, 0.5) is 4.79 Å². The van der Waals surface area contributed by atoms with Gasteiger partial charge in [0.25, 0.3) is 0 Å². The van der Waals surface area contributed by atoms with Crippen molar-refractivity contribution in [1.29, 1.82) is 0 Å². The highest BCUT2D eigenvalue weighted by atomic mass is 16.6. The summed E-state index contributed by atoms with van der Waals surface area (Å²) in [5.74, 6) is -0.335. The minimum absolute atomic E-state index is 0.267. The van der Waals surface area contributed by atoms with Gasteiger partial charge in [-0.25, -0.2) is 9.59 Å². The standard InChI is InChI=1S/C22H32N2O4/c1-8-27-20(25)18-13-14(2)23-19(16(18)4)15(3)17-9-11-24(12-10-17)21(26)28-22(5,6)7/h13,23H,2,8-12H2,1,3-7H3. The van der Waals surface area contributed by atoms with Crippen LogP contribution in [0.15, 0.2) is 46.3 Å². The first-order chi connectivity index (χ1) is 13.0. The molecule has 0 radical (unpaired) electrons. The fraction of sp³-hybridized carbons (Fsp3) is 0.545. The lowest BCUT2D eigenvalue weighted by molar-refractivity contribution is -0.138. The average Bonchev–Trinajstić information content (AvgIpc) is 2.61. The molecule has 154 valence electrons. The molecule has 0 saturated carbocycles. The van der Waals surface area contributed by atoms with Crippen LogP contribution in [-0.2, 0) is 14.3 Å². The molecule has 2 rings (SSSR count). The van der Waals surface area contributed by atoms with Gasteiger partial charge >= 0.3 is 12.1 Å². The first kappa shape index (κ1) is 21.8. The zero-order valence-electron chi connectivity index (χ0n) is 17.9. The third-order valence-corrected chi connectivity index (χ3v) is 4.80. The molecule has 1 saturated heterocycles. The summed E-state index contributed by atoms with van der Waals surface area (Å²) >= 11 is 0. The number of ether oxygens (including phenoxy) is 2. The van der Waals surface area contributed by atoms with E-state index in [2.05, 4.69) is 11.9 Å². The topological polar surface area (TPSA) is 67.9 Å². The van der Waals surface area contributed by atoms with Crippen molar-refractivity contribution in [3.63, 3.8) is 0 Å². The SMILES string of the molecule is C=C1C=C(C(=O)OCC)C(C)=C(C(C)=C2CCN(C(=O)OC(C)(C)C)CC2)N1. The molecule has 0 aromatic rings. The van der Waals surface area contributed by atoms with E-state index in [9.17, 15) is 9.59 Å². The number of rotatable bonds is 3. The van der Waals surface area contributed by atoms with Gasteiger partial charge in [0, 0.05) is 24.5 Å². The molecule has 1 N–H and O–H groups in total. The van der Waals surface area contributed by atoms with Crippen LogP contribution < -0.4 is 5.32 Å². The fourth-order valence-electron chi connectivity index (χ4n) is 3.34. The summed E-state index contributed by atoms with van der Waals surface area (Å²) in [7, 11) is 0. The van der Waals surface area contributed by atoms with Gasteiger partial charge in [0.1, 0.15) is 5.60 Å². The van der Waals surface area contributed by atoms with Crippen molar-refractivity contribution in [2.75, 3.05) is 19.7 Å². The van der Waals surface area contributed by atoms with Gasteiger partial charge in [0.2, 0.25) is 0 Å². The quantitative estimate of drug-likeness (QED) is 0.734. The number of carbonyl (C=O) groups is 2. The van der Waals surface area contributed by atoms with Crippen LogP contribution in [-0.4, -0.2) is 42.3 Å². The van der Waals surface area contributed by atoms with Gasteiger partial charge in [-0.2, -0.15) is 0 Å². The van der Waals surface area contributed by atoms with Crippen LogP contribution >= 0.6 is 0 Å². The van der Waals surface area contributed by atoms with Crippen molar-refractivity contribution in [3.05, 3.63) is 46.3 Å². The van der Waals surface area contributed by atoms with Crippen molar-refractivity contribution in [3.8, 4) is 0 Å². The Kier molecular flexibility index (Phi) is 6.75. The molecule has 0 spiro atoms. The molecule has 1 fully saturated rings. The summed E-state index contributed by atoms with van der Waals surface area (Å²) in [6.45, 7) is 16.9. The van der Waals surface area contributed by atoms with Crippen molar-refractivity contribution in [2.24, 2.45) is 0 Å². The summed E-state index contributed by atoms with van der Waals surface area (Å²) in [6.07, 6.45) is 3.00. The lowest BCUT2D eigenvalue weighted by Crippen LogP contribution is -2.40. The molecule has 0 atom stereocenters. The number of nitrogens with zero attached hydrogens (tertiary/aromatic N) is 1. The van der Waals surface area contributed by atoms with Crippen LogP contribution in [0.2, 0.25) is 0 Å². The monoisotopic (exact) mass is 388 g/mol. The Bertz CT molecular complexity index is 756. The average molecular weight is 389 g/mol. The largest absolute Gasteiger partial charge is 0.462 e. The van der Waals surface area contributed by atoms with E-state index in [4.69, 9.17) is 9.47 Å². The Morgan fingerprint density at radius 2 is 1.86 bits per heavy atom. The molecule has 0 aliphatic carbocycles. The summed E-state index contributed by atoms with van der Waals surface area (Å²) in [5, 5.41) is 3.29. The number of nitrogens with one attached hydrogen (secondary N) is 1. The van der Waals surface area contributed by atoms with Crippen LogP contribution in [0.3, 0.4) is 0 Å². The molecular weight excluding hydrogens is 356 g/mol. The number of esters is 1. The third kappa shape index (κ3) is 5.27. The molecule has 0 bridgehead atoms. The van der Waals surface area contributed by atoms with Gasteiger partial charge < -0.3 is 19.7 Å². The van der Waals surface area contributed by atoms with Crippen LogP contribution in [0.25, 0.3) is 0 Å². The second-order valence-corrected chi connectivity index (χ2v) is 8.12. The number of piperidine rings is 1. The highest BCUT2D eigenvalue weighted by molar-refractivity contribution is 5.95. The Morgan fingerprint density at radius 3 is 2.39 bits per heavy atom. The molecule has 0 aromatic heterocycles. The van der Waals surface area contributed by atoms with Crippen molar-refractivity contribution < 1.29 is 19.1 Å². The summed E-state index contributed by atoms with van der Waals surface area (Å²) in [6, 6.07) is 0.